The molecule has 22 heavy (non-hydrogen) atoms. The normalized spacial score (nSPS) is 11.8. The number of benzene rings is 1. The maximum atomic E-state index is 12.2. The van der Waals surface area contributed by atoms with E-state index < -0.39 is 0 Å². The molecule has 1 aromatic heterocycles. The quantitative estimate of drug-likeness (QED) is 0.869. The summed E-state index contributed by atoms with van der Waals surface area (Å²) in [5, 5.41) is 6.90. The van der Waals surface area contributed by atoms with E-state index in [2.05, 4.69) is 15.4 Å². The molecule has 0 bridgehead atoms. The van der Waals surface area contributed by atoms with Gasteiger partial charge in [-0.25, -0.2) is 4.98 Å². The predicted molar refractivity (Wildman–Crippen MR) is 80.8 cm³/mol. The highest BCUT2D eigenvalue weighted by Gasteiger charge is 2.16. The molecule has 0 unspecified atom stereocenters. The standard InChI is InChI=1S/C15H20N4O3/c1-10(15-16-9-17-19(15)2)18-14(20)8-11-7-12(21-3)5-6-13(11)22-4/h5-7,9-10H,8H2,1-4H3,(H,18,20)/t10-/m1/s1. The van der Waals surface area contributed by atoms with Crippen molar-refractivity contribution >= 4 is 5.91 Å². The van der Waals surface area contributed by atoms with E-state index in [-0.39, 0.29) is 18.4 Å². The zero-order valence-electron chi connectivity index (χ0n) is 13.2. The molecule has 0 spiro atoms. The first-order valence-electron chi connectivity index (χ1n) is 6.89. The topological polar surface area (TPSA) is 78.3 Å². The summed E-state index contributed by atoms with van der Waals surface area (Å²) in [6.07, 6.45) is 1.66. The molecule has 1 heterocycles. The minimum absolute atomic E-state index is 0.123. The molecule has 7 heteroatoms. The SMILES string of the molecule is COc1ccc(OC)c(CC(=O)N[C@H](C)c2ncnn2C)c1. The molecule has 0 aliphatic carbocycles. The van der Waals surface area contributed by atoms with Crippen LogP contribution < -0.4 is 14.8 Å². The van der Waals surface area contributed by atoms with E-state index in [1.807, 2.05) is 6.92 Å². The second-order valence-corrected chi connectivity index (χ2v) is 4.89. The van der Waals surface area contributed by atoms with Crippen molar-refractivity contribution in [2.45, 2.75) is 19.4 Å². The summed E-state index contributed by atoms with van der Waals surface area (Å²) in [5.74, 6) is 1.92. The lowest BCUT2D eigenvalue weighted by Gasteiger charge is -2.14. The van der Waals surface area contributed by atoms with Gasteiger partial charge in [0.15, 0.2) is 0 Å². The summed E-state index contributed by atoms with van der Waals surface area (Å²) in [6, 6.07) is 5.15. The van der Waals surface area contributed by atoms with Crippen LogP contribution in [0.1, 0.15) is 24.4 Å². The van der Waals surface area contributed by atoms with Gasteiger partial charge in [-0.05, 0) is 25.1 Å². The number of hydrogen-bond acceptors (Lipinski definition) is 5. The third-order valence-electron chi connectivity index (χ3n) is 3.35. The molecule has 1 amide bonds. The number of ether oxygens (including phenoxy) is 2. The number of carbonyl (C=O) groups excluding carboxylic acids is 1. The zero-order chi connectivity index (χ0) is 16.1. The van der Waals surface area contributed by atoms with Crippen molar-refractivity contribution in [3.8, 4) is 11.5 Å². The smallest absolute Gasteiger partial charge is 0.225 e. The maximum Gasteiger partial charge on any atom is 0.225 e. The molecule has 2 aromatic rings. The van der Waals surface area contributed by atoms with Crippen LogP contribution in [-0.4, -0.2) is 34.9 Å². The fourth-order valence-electron chi connectivity index (χ4n) is 2.25. The van der Waals surface area contributed by atoms with Gasteiger partial charge in [-0.15, -0.1) is 0 Å². The van der Waals surface area contributed by atoms with Crippen molar-refractivity contribution in [3.63, 3.8) is 0 Å². The van der Waals surface area contributed by atoms with Crippen LogP contribution in [0.4, 0.5) is 0 Å². The number of nitrogens with one attached hydrogen (secondary N) is 1. The Kier molecular flexibility index (Phi) is 4.98. The van der Waals surface area contributed by atoms with Crippen molar-refractivity contribution < 1.29 is 14.3 Å². The minimum Gasteiger partial charge on any atom is -0.497 e. The fraction of sp³-hybridized carbons (Fsp3) is 0.400. The molecule has 1 atom stereocenters. The summed E-state index contributed by atoms with van der Waals surface area (Å²) in [5.41, 5.74) is 0.768. The van der Waals surface area contributed by atoms with Gasteiger partial charge in [0.25, 0.3) is 0 Å². The largest absolute Gasteiger partial charge is 0.497 e. The van der Waals surface area contributed by atoms with Gasteiger partial charge in [0.2, 0.25) is 5.91 Å². The second-order valence-electron chi connectivity index (χ2n) is 4.89. The van der Waals surface area contributed by atoms with Crippen LogP contribution in [0.5, 0.6) is 11.5 Å². The minimum atomic E-state index is -0.225. The van der Waals surface area contributed by atoms with E-state index in [4.69, 9.17) is 9.47 Å². The molecule has 0 aliphatic heterocycles. The molecule has 0 aliphatic rings. The van der Waals surface area contributed by atoms with Gasteiger partial charge in [-0.1, -0.05) is 0 Å². The lowest BCUT2D eigenvalue weighted by atomic mass is 10.1. The molecule has 1 N–H and O–H groups in total. The fourth-order valence-corrected chi connectivity index (χ4v) is 2.25. The van der Waals surface area contributed by atoms with Crippen molar-refractivity contribution in [2.24, 2.45) is 7.05 Å². The number of aryl methyl sites for hydroxylation is 1. The molecule has 7 nitrogen and oxygen atoms in total. The van der Waals surface area contributed by atoms with Crippen LogP contribution in [0.25, 0.3) is 0 Å². The highest BCUT2D eigenvalue weighted by atomic mass is 16.5. The van der Waals surface area contributed by atoms with Crippen molar-refractivity contribution in [3.05, 3.63) is 35.9 Å². The molecule has 2 rings (SSSR count). The monoisotopic (exact) mass is 304 g/mol. The molecule has 1 aromatic carbocycles. The molecule has 118 valence electrons. The van der Waals surface area contributed by atoms with E-state index >= 15 is 0 Å². The first-order chi connectivity index (χ1) is 10.5. The molecule has 0 radical (unpaired) electrons. The summed E-state index contributed by atoms with van der Waals surface area (Å²) in [6.45, 7) is 1.87. The lowest BCUT2D eigenvalue weighted by molar-refractivity contribution is -0.121. The first kappa shape index (κ1) is 15.8. The van der Waals surface area contributed by atoms with Crippen LogP contribution >= 0.6 is 0 Å². The van der Waals surface area contributed by atoms with Gasteiger partial charge >= 0.3 is 0 Å². The Morgan fingerprint density at radius 2 is 2.14 bits per heavy atom. The molecular formula is C15H20N4O3. The van der Waals surface area contributed by atoms with Crippen LogP contribution in [-0.2, 0) is 18.3 Å². The van der Waals surface area contributed by atoms with Crippen LogP contribution in [0, 0.1) is 0 Å². The number of methoxy groups -OCH3 is 2. The van der Waals surface area contributed by atoms with Gasteiger partial charge in [-0.3, -0.25) is 9.48 Å². The van der Waals surface area contributed by atoms with Gasteiger partial charge in [0.1, 0.15) is 23.7 Å². The highest BCUT2D eigenvalue weighted by Crippen LogP contribution is 2.24. The molecular weight excluding hydrogens is 284 g/mol. The summed E-state index contributed by atoms with van der Waals surface area (Å²) in [4.78, 5) is 16.4. The Bertz CT molecular complexity index is 654. The van der Waals surface area contributed by atoms with E-state index in [1.54, 1.807) is 44.1 Å². The Labute approximate surface area is 129 Å². The third kappa shape index (κ3) is 3.55. The molecule has 0 saturated carbocycles. The van der Waals surface area contributed by atoms with Crippen molar-refractivity contribution in [2.75, 3.05) is 14.2 Å². The summed E-state index contributed by atoms with van der Waals surface area (Å²) >= 11 is 0. The zero-order valence-corrected chi connectivity index (χ0v) is 13.2. The number of amides is 1. The highest BCUT2D eigenvalue weighted by molar-refractivity contribution is 5.79. The number of nitrogens with zero attached hydrogens (tertiary/aromatic N) is 3. The van der Waals surface area contributed by atoms with Gasteiger partial charge in [0, 0.05) is 12.6 Å². The van der Waals surface area contributed by atoms with E-state index in [0.717, 1.165) is 5.56 Å². The van der Waals surface area contributed by atoms with Crippen LogP contribution in [0.3, 0.4) is 0 Å². The second kappa shape index (κ2) is 6.93. The van der Waals surface area contributed by atoms with Crippen LogP contribution in [0.2, 0.25) is 0 Å². The summed E-state index contributed by atoms with van der Waals surface area (Å²) in [7, 11) is 4.95. The Morgan fingerprint density at radius 3 is 2.73 bits per heavy atom. The summed E-state index contributed by atoms with van der Waals surface area (Å²) < 4.78 is 12.1. The average Bonchev–Trinajstić information content (AvgIpc) is 2.93. The predicted octanol–water partition coefficient (Wildman–Crippen LogP) is 1.25. The Balaban J connectivity index is 2.07. The number of aromatic nitrogens is 3. The van der Waals surface area contributed by atoms with Gasteiger partial charge in [-0.2, -0.15) is 5.10 Å². The van der Waals surface area contributed by atoms with E-state index in [9.17, 15) is 4.79 Å². The van der Waals surface area contributed by atoms with Crippen molar-refractivity contribution in [1.29, 1.82) is 0 Å². The van der Waals surface area contributed by atoms with Gasteiger partial charge in [0.05, 0.1) is 26.7 Å². The molecule has 0 fully saturated rings. The Morgan fingerprint density at radius 1 is 1.36 bits per heavy atom. The van der Waals surface area contributed by atoms with E-state index in [1.165, 1.54) is 6.33 Å². The number of rotatable bonds is 6. The van der Waals surface area contributed by atoms with Crippen LogP contribution in [0.15, 0.2) is 24.5 Å². The van der Waals surface area contributed by atoms with Crippen molar-refractivity contribution in [1.82, 2.24) is 20.1 Å². The first-order valence-corrected chi connectivity index (χ1v) is 6.89. The Hall–Kier alpha value is -2.57. The van der Waals surface area contributed by atoms with E-state index in [0.29, 0.717) is 17.3 Å². The third-order valence-corrected chi connectivity index (χ3v) is 3.35. The van der Waals surface area contributed by atoms with Gasteiger partial charge < -0.3 is 14.8 Å². The number of hydrogen-bond donors (Lipinski definition) is 1. The maximum absolute atomic E-state index is 12.2. The average molecular weight is 304 g/mol. The lowest BCUT2D eigenvalue weighted by Crippen LogP contribution is -2.29. The molecule has 0 saturated heterocycles. The number of carbonyl (C=O) groups is 1.